The molecule has 1 aromatic rings. The lowest BCUT2D eigenvalue weighted by Crippen LogP contribution is -2.01. The first-order chi connectivity index (χ1) is 5.81. The number of rotatable bonds is 3. The topological polar surface area (TPSA) is 38.9 Å². The van der Waals surface area contributed by atoms with Crippen molar-refractivity contribution in [3.05, 3.63) is 14.5 Å². The quantitative estimate of drug-likeness (QED) is 0.889. The van der Waals surface area contributed by atoms with E-state index in [2.05, 4.69) is 20.9 Å². The Labute approximate surface area is 84.3 Å². The van der Waals surface area contributed by atoms with E-state index in [0.717, 1.165) is 16.9 Å². The number of thiazole rings is 1. The molecule has 1 aliphatic rings. The van der Waals surface area contributed by atoms with Crippen LogP contribution in [0.3, 0.4) is 0 Å². The highest BCUT2D eigenvalue weighted by Crippen LogP contribution is 2.43. The van der Waals surface area contributed by atoms with Crippen molar-refractivity contribution in [2.24, 2.45) is 5.73 Å². The summed E-state index contributed by atoms with van der Waals surface area (Å²) in [5.41, 5.74) is 5.49. The van der Waals surface area contributed by atoms with E-state index in [1.165, 1.54) is 22.7 Å². The maximum atomic E-state index is 5.49. The van der Waals surface area contributed by atoms with Crippen molar-refractivity contribution in [3.8, 4) is 0 Å². The number of hydrogen-bond acceptors (Lipinski definition) is 3. The van der Waals surface area contributed by atoms with Crippen molar-refractivity contribution in [2.45, 2.75) is 25.2 Å². The van der Waals surface area contributed by atoms with E-state index in [9.17, 15) is 0 Å². The molecule has 4 heteroatoms. The van der Waals surface area contributed by atoms with Gasteiger partial charge in [0.2, 0.25) is 0 Å². The molecule has 12 heavy (non-hydrogen) atoms. The molecule has 1 heterocycles. The fourth-order valence-electron chi connectivity index (χ4n) is 1.14. The Morgan fingerprint density at radius 1 is 1.58 bits per heavy atom. The predicted octanol–water partition coefficient (Wildman–Crippen LogP) is 2.28. The zero-order chi connectivity index (χ0) is 8.55. The molecule has 1 aromatic heterocycles. The van der Waals surface area contributed by atoms with Gasteiger partial charge in [0.15, 0.2) is 0 Å². The molecule has 2 rings (SSSR count). The zero-order valence-electron chi connectivity index (χ0n) is 6.72. The van der Waals surface area contributed by atoms with Crippen LogP contribution in [-0.2, 0) is 6.42 Å². The lowest BCUT2D eigenvalue weighted by molar-refractivity contribution is 0.974. The summed E-state index contributed by atoms with van der Waals surface area (Å²) in [6, 6.07) is 0. The number of nitrogens with two attached hydrogens (primary N) is 1. The van der Waals surface area contributed by atoms with E-state index in [-0.39, 0.29) is 0 Å². The van der Waals surface area contributed by atoms with Crippen LogP contribution in [-0.4, -0.2) is 11.5 Å². The minimum Gasteiger partial charge on any atom is -0.330 e. The molecule has 66 valence electrons. The van der Waals surface area contributed by atoms with Crippen LogP contribution in [0.5, 0.6) is 0 Å². The van der Waals surface area contributed by atoms with Crippen molar-refractivity contribution in [2.75, 3.05) is 6.54 Å². The average molecular weight is 247 g/mol. The Morgan fingerprint density at radius 2 is 2.33 bits per heavy atom. The molecular formula is C8H11BrN2S. The molecular weight excluding hydrogens is 236 g/mol. The SMILES string of the molecule is NCCc1sc(C2CC2)nc1Br. The van der Waals surface area contributed by atoms with Crippen LogP contribution in [0, 0.1) is 0 Å². The van der Waals surface area contributed by atoms with Crippen LogP contribution in [0.15, 0.2) is 4.60 Å². The first-order valence-electron chi connectivity index (χ1n) is 4.16. The van der Waals surface area contributed by atoms with Crippen molar-refractivity contribution in [1.29, 1.82) is 0 Å². The number of nitrogens with zero attached hydrogens (tertiary/aromatic N) is 1. The molecule has 1 fully saturated rings. The van der Waals surface area contributed by atoms with Crippen molar-refractivity contribution in [3.63, 3.8) is 0 Å². The van der Waals surface area contributed by atoms with Gasteiger partial charge < -0.3 is 5.73 Å². The summed E-state index contributed by atoms with van der Waals surface area (Å²) >= 11 is 5.27. The zero-order valence-corrected chi connectivity index (χ0v) is 9.12. The van der Waals surface area contributed by atoms with Crippen LogP contribution in [0.25, 0.3) is 0 Å². The first-order valence-corrected chi connectivity index (χ1v) is 5.77. The molecule has 0 amide bonds. The third-order valence-corrected chi connectivity index (χ3v) is 4.16. The second-order valence-electron chi connectivity index (χ2n) is 3.08. The molecule has 1 aliphatic carbocycles. The lowest BCUT2D eigenvalue weighted by Gasteiger charge is -1.89. The Morgan fingerprint density at radius 3 is 2.92 bits per heavy atom. The summed E-state index contributed by atoms with van der Waals surface area (Å²) in [6.45, 7) is 0.713. The van der Waals surface area contributed by atoms with E-state index in [1.54, 1.807) is 0 Å². The summed E-state index contributed by atoms with van der Waals surface area (Å²) in [5, 5.41) is 1.30. The van der Waals surface area contributed by atoms with Gasteiger partial charge in [0.1, 0.15) is 4.60 Å². The standard InChI is InChI=1S/C8H11BrN2S/c9-7-6(3-4-10)12-8(11-7)5-1-2-5/h5H,1-4,10H2. The molecule has 1 saturated carbocycles. The number of halogens is 1. The Balaban J connectivity index is 2.18. The smallest absolute Gasteiger partial charge is 0.120 e. The molecule has 0 aliphatic heterocycles. The molecule has 2 N–H and O–H groups in total. The summed E-state index contributed by atoms with van der Waals surface area (Å²) in [6.07, 6.45) is 3.59. The molecule has 0 radical (unpaired) electrons. The molecule has 2 nitrogen and oxygen atoms in total. The molecule has 0 aromatic carbocycles. The van der Waals surface area contributed by atoms with Crippen LogP contribution >= 0.6 is 27.3 Å². The molecule has 0 unspecified atom stereocenters. The highest BCUT2D eigenvalue weighted by atomic mass is 79.9. The van der Waals surface area contributed by atoms with Crippen LogP contribution in [0.4, 0.5) is 0 Å². The van der Waals surface area contributed by atoms with Crippen molar-refractivity contribution in [1.82, 2.24) is 4.98 Å². The molecule has 0 spiro atoms. The number of aromatic nitrogens is 1. The van der Waals surface area contributed by atoms with E-state index >= 15 is 0 Å². The maximum Gasteiger partial charge on any atom is 0.120 e. The fourth-order valence-corrected chi connectivity index (χ4v) is 3.03. The first kappa shape index (κ1) is 8.66. The van der Waals surface area contributed by atoms with Gasteiger partial charge in [-0.1, -0.05) is 0 Å². The van der Waals surface area contributed by atoms with Crippen LogP contribution in [0.1, 0.15) is 28.6 Å². The third-order valence-electron chi connectivity index (χ3n) is 1.96. The fraction of sp³-hybridized carbons (Fsp3) is 0.625. The summed E-state index contributed by atoms with van der Waals surface area (Å²) in [4.78, 5) is 5.78. The largest absolute Gasteiger partial charge is 0.330 e. The normalized spacial score (nSPS) is 16.8. The summed E-state index contributed by atoms with van der Waals surface area (Å²) in [5.74, 6) is 0.762. The van der Waals surface area contributed by atoms with Gasteiger partial charge in [-0.05, 0) is 41.7 Å². The Bertz CT molecular complexity index is 281. The van der Waals surface area contributed by atoms with Gasteiger partial charge in [0.25, 0.3) is 0 Å². The van der Waals surface area contributed by atoms with Gasteiger partial charge in [0.05, 0.1) is 5.01 Å². The predicted molar refractivity (Wildman–Crippen MR) is 54.5 cm³/mol. The minimum atomic E-state index is 0.713. The lowest BCUT2D eigenvalue weighted by atomic mass is 10.4. The van der Waals surface area contributed by atoms with E-state index < -0.39 is 0 Å². The van der Waals surface area contributed by atoms with Crippen LogP contribution in [0.2, 0.25) is 0 Å². The summed E-state index contributed by atoms with van der Waals surface area (Å²) in [7, 11) is 0. The second kappa shape index (κ2) is 3.44. The summed E-state index contributed by atoms with van der Waals surface area (Å²) < 4.78 is 1.01. The molecule has 0 bridgehead atoms. The van der Waals surface area contributed by atoms with Gasteiger partial charge in [-0.15, -0.1) is 11.3 Å². The average Bonchev–Trinajstić information content (AvgIpc) is 2.80. The third kappa shape index (κ3) is 1.70. The van der Waals surface area contributed by atoms with Gasteiger partial charge >= 0.3 is 0 Å². The van der Waals surface area contributed by atoms with Crippen molar-refractivity contribution >= 4 is 27.3 Å². The van der Waals surface area contributed by atoms with Gasteiger partial charge in [0, 0.05) is 10.8 Å². The monoisotopic (exact) mass is 246 g/mol. The Kier molecular flexibility index (Phi) is 2.48. The molecule has 0 atom stereocenters. The van der Waals surface area contributed by atoms with Gasteiger partial charge in [-0.3, -0.25) is 0 Å². The minimum absolute atomic E-state index is 0.713. The Hall–Kier alpha value is 0.0700. The molecule has 0 saturated heterocycles. The van der Waals surface area contributed by atoms with E-state index in [0.29, 0.717) is 6.54 Å². The van der Waals surface area contributed by atoms with Crippen molar-refractivity contribution < 1.29 is 0 Å². The maximum absolute atomic E-state index is 5.49. The van der Waals surface area contributed by atoms with Gasteiger partial charge in [-0.2, -0.15) is 0 Å². The highest BCUT2D eigenvalue weighted by Gasteiger charge is 2.27. The number of hydrogen-bond donors (Lipinski definition) is 1. The van der Waals surface area contributed by atoms with E-state index in [1.807, 2.05) is 11.3 Å². The highest BCUT2D eigenvalue weighted by molar-refractivity contribution is 9.10. The van der Waals surface area contributed by atoms with E-state index in [4.69, 9.17) is 5.73 Å². The van der Waals surface area contributed by atoms with Gasteiger partial charge in [-0.25, -0.2) is 4.98 Å². The second-order valence-corrected chi connectivity index (χ2v) is 4.95. The van der Waals surface area contributed by atoms with Crippen LogP contribution < -0.4 is 5.73 Å².